The van der Waals surface area contributed by atoms with Crippen LogP contribution in [-0.4, -0.2) is 15.2 Å². The van der Waals surface area contributed by atoms with Gasteiger partial charge in [-0.15, -0.1) is 0 Å². The maximum Gasteiger partial charge on any atom is 0.131 e. The van der Waals surface area contributed by atoms with Gasteiger partial charge in [0, 0.05) is 16.7 Å². The molecule has 27 heavy (non-hydrogen) atoms. The predicted octanol–water partition coefficient (Wildman–Crippen LogP) is 5.63. The lowest BCUT2D eigenvalue weighted by molar-refractivity contribution is 0.475. The highest BCUT2D eigenvalue weighted by molar-refractivity contribution is 5.78. The molecule has 0 spiro atoms. The van der Waals surface area contributed by atoms with Gasteiger partial charge in [-0.2, -0.15) is 0 Å². The van der Waals surface area contributed by atoms with Gasteiger partial charge in [0.15, 0.2) is 0 Å². The molecule has 0 aliphatic heterocycles. The molecule has 0 saturated heterocycles. The fourth-order valence-corrected chi connectivity index (χ4v) is 3.02. The third kappa shape index (κ3) is 3.37. The van der Waals surface area contributed by atoms with E-state index in [1.165, 1.54) is 6.07 Å². The van der Waals surface area contributed by atoms with Crippen LogP contribution in [0.2, 0.25) is 0 Å². The molecule has 0 aliphatic carbocycles. The maximum atomic E-state index is 14.4. The summed E-state index contributed by atoms with van der Waals surface area (Å²) in [5.41, 5.74) is 3.43. The molecule has 3 nitrogen and oxygen atoms in total. The van der Waals surface area contributed by atoms with Crippen molar-refractivity contribution in [3.8, 4) is 45.1 Å². The highest BCUT2D eigenvalue weighted by Crippen LogP contribution is 2.34. The maximum absolute atomic E-state index is 14.4. The Morgan fingerprint density at radius 1 is 0.630 bits per heavy atom. The number of hydrogen-bond acceptors (Lipinski definition) is 3. The summed E-state index contributed by atoms with van der Waals surface area (Å²) in [6.45, 7) is 0. The Morgan fingerprint density at radius 2 is 1.33 bits per heavy atom. The average Bonchev–Trinajstić information content (AvgIpc) is 2.68. The Bertz CT molecular complexity index is 1060. The lowest BCUT2D eigenvalue weighted by Gasteiger charge is -2.12. The van der Waals surface area contributed by atoms with Crippen molar-refractivity contribution < 1.29 is 14.6 Å². The van der Waals surface area contributed by atoms with Gasteiger partial charge in [0.25, 0.3) is 0 Å². The summed E-state index contributed by atoms with van der Waals surface area (Å²) >= 11 is 0. The number of benzene rings is 3. The SMILES string of the molecule is Oc1cccc(-c2cc(-c3ccccc3F)cc(-c3ccccc3O)n2)c1. The standard InChI is InChI=1S/C23H16FNO2/c24-20-10-3-1-8-18(20)16-13-21(15-6-5-7-17(26)12-15)25-22(14-16)19-9-2-4-11-23(19)27/h1-14,26-27H. The van der Waals surface area contributed by atoms with Gasteiger partial charge in [-0.05, 0) is 48.0 Å². The van der Waals surface area contributed by atoms with Crippen LogP contribution < -0.4 is 0 Å². The summed E-state index contributed by atoms with van der Waals surface area (Å²) in [5.74, 6) is -0.124. The zero-order valence-corrected chi connectivity index (χ0v) is 14.3. The molecule has 0 saturated carbocycles. The quantitative estimate of drug-likeness (QED) is 0.499. The molecule has 0 radical (unpaired) electrons. The van der Waals surface area contributed by atoms with Crippen molar-refractivity contribution in [2.45, 2.75) is 0 Å². The van der Waals surface area contributed by atoms with E-state index in [1.807, 2.05) is 6.07 Å². The first-order valence-electron chi connectivity index (χ1n) is 8.46. The Labute approximate surface area is 156 Å². The number of hydrogen-bond donors (Lipinski definition) is 2. The minimum atomic E-state index is -0.339. The summed E-state index contributed by atoms with van der Waals surface area (Å²) in [6, 6.07) is 23.6. The first-order valence-corrected chi connectivity index (χ1v) is 8.46. The van der Waals surface area contributed by atoms with E-state index >= 15 is 0 Å². The number of nitrogens with zero attached hydrogens (tertiary/aromatic N) is 1. The van der Waals surface area contributed by atoms with Gasteiger partial charge in [0.1, 0.15) is 17.3 Å². The first kappa shape index (κ1) is 16.8. The second-order valence-corrected chi connectivity index (χ2v) is 6.17. The summed E-state index contributed by atoms with van der Waals surface area (Å²) in [6.07, 6.45) is 0. The third-order valence-electron chi connectivity index (χ3n) is 4.33. The highest BCUT2D eigenvalue weighted by atomic mass is 19.1. The number of pyridine rings is 1. The Balaban J connectivity index is 1.97. The van der Waals surface area contributed by atoms with E-state index in [-0.39, 0.29) is 17.3 Å². The van der Waals surface area contributed by atoms with Gasteiger partial charge in [0.2, 0.25) is 0 Å². The number of para-hydroxylation sites is 1. The number of rotatable bonds is 3. The highest BCUT2D eigenvalue weighted by Gasteiger charge is 2.13. The lowest BCUT2D eigenvalue weighted by Crippen LogP contribution is -1.93. The minimum Gasteiger partial charge on any atom is -0.508 e. The van der Waals surface area contributed by atoms with Gasteiger partial charge >= 0.3 is 0 Å². The summed E-state index contributed by atoms with van der Waals surface area (Å²) in [4.78, 5) is 4.64. The van der Waals surface area contributed by atoms with Crippen LogP contribution in [0.4, 0.5) is 4.39 Å². The molecule has 3 aromatic carbocycles. The van der Waals surface area contributed by atoms with Crippen molar-refractivity contribution in [1.29, 1.82) is 0 Å². The zero-order valence-electron chi connectivity index (χ0n) is 14.3. The van der Waals surface area contributed by atoms with Gasteiger partial charge in [-0.25, -0.2) is 9.37 Å². The third-order valence-corrected chi connectivity index (χ3v) is 4.33. The monoisotopic (exact) mass is 357 g/mol. The molecule has 1 aromatic heterocycles. The van der Waals surface area contributed by atoms with Gasteiger partial charge in [-0.1, -0.05) is 42.5 Å². The van der Waals surface area contributed by atoms with Crippen LogP contribution >= 0.6 is 0 Å². The number of aromatic nitrogens is 1. The molecule has 0 fully saturated rings. The Morgan fingerprint density at radius 3 is 2.07 bits per heavy atom. The first-order chi connectivity index (χ1) is 13.1. The topological polar surface area (TPSA) is 53.4 Å². The van der Waals surface area contributed by atoms with E-state index in [0.717, 1.165) is 0 Å². The van der Waals surface area contributed by atoms with E-state index in [1.54, 1.807) is 72.8 Å². The summed E-state index contributed by atoms with van der Waals surface area (Å²) in [7, 11) is 0. The lowest BCUT2D eigenvalue weighted by atomic mass is 9.99. The number of aromatic hydroxyl groups is 2. The van der Waals surface area contributed by atoms with E-state index in [0.29, 0.717) is 33.6 Å². The Hall–Kier alpha value is -3.66. The number of phenolic OH excluding ortho intramolecular Hbond substituents is 2. The predicted molar refractivity (Wildman–Crippen MR) is 104 cm³/mol. The van der Waals surface area contributed by atoms with Crippen LogP contribution in [0, 0.1) is 5.82 Å². The largest absolute Gasteiger partial charge is 0.508 e. The smallest absolute Gasteiger partial charge is 0.131 e. The van der Waals surface area contributed by atoms with Gasteiger partial charge in [0.05, 0.1) is 11.4 Å². The molecule has 0 amide bonds. The minimum absolute atomic E-state index is 0.0949. The van der Waals surface area contributed by atoms with Gasteiger partial charge < -0.3 is 10.2 Å². The fraction of sp³-hybridized carbons (Fsp3) is 0. The van der Waals surface area contributed by atoms with Crippen molar-refractivity contribution in [2.24, 2.45) is 0 Å². The number of phenols is 2. The van der Waals surface area contributed by atoms with Crippen molar-refractivity contribution in [3.05, 3.63) is 90.7 Å². The van der Waals surface area contributed by atoms with E-state index in [4.69, 9.17) is 0 Å². The van der Waals surface area contributed by atoms with Crippen molar-refractivity contribution in [2.75, 3.05) is 0 Å². The summed E-state index contributed by atoms with van der Waals surface area (Å²) < 4.78 is 14.4. The molecule has 4 heteroatoms. The second-order valence-electron chi connectivity index (χ2n) is 6.17. The molecule has 2 N–H and O–H groups in total. The molecule has 4 aromatic rings. The molecule has 0 bridgehead atoms. The Kier molecular flexibility index (Phi) is 4.30. The van der Waals surface area contributed by atoms with Crippen molar-refractivity contribution in [3.63, 3.8) is 0 Å². The second kappa shape index (κ2) is 6.92. The van der Waals surface area contributed by atoms with Crippen LogP contribution in [-0.2, 0) is 0 Å². The molecule has 132 valence electrons. The zero-order chi connectivity index (χ0) is 18.8. The van der Waals surface area contributed by atoms with Crippen LogP contribution in [0.1, 0.15) is 0 Å². The van der Waals surface area contributed by atoms with Crippen LogP contribution in [0.5, 0.6) is 11.5 Å². The van der Waals surface area contributed by atoms with Crippen LogP contribution in [0.15, 0.2) is 84.9 Å². The van der Waals surface area contributed by atoms with Crippen LogP contribution in [0.25, 0.3) is 33.6 Å². The number of halogens is 1. The molecular formula is C23H16FNO2. The molecule has 0 aliphatic rings. The van der Waals surface area contributed by atoms with Crippen molar-refractivity contribution >= 4 is 0 Å². The van der Waals surface area contributed by atoms with Gasteiger partial charge in [-0.3, -0.25) is 0 Å². The normalized spacial score (nSPS) is 10.7. The van der Waals surface area contributed by atoms with Crippen molar-refractivity contribution in [1.82, 2.24) is 4.98 Å². The summed E-state index contributed by atoms with van der Waals surface area (Å²) in [5, 5.41) is 20.0. The molecule has 4 rings (SSSR count). The molecular weight excluding hydrogens is 341 g/mol. The van der Waals surface area contributed by atoms with Crippen LogP contribution in [0.3, 0.4) is 0 Å². The molecule has 1 heterocycles. The van der Waals surface area contributed by atoms with E-state index in [9.17, 15) is 14.6 Å². The van der Waals surface area contributed by atoms with E-state index < -0.39 is 0 Å². The van der Waals surface area contributed by atoms with E-state index in [2.05, 4.69) is 4.98 Å². The molecule has 0 unspecified atom stereocenters. The molecule has 0 atom stereocenters. The average molecular weight is 357 g/mol. The fourth-order valence-electron chi connectivity index (χ4n) is 3.02.